The van der Waals surface area contributed by atoms with E-state index in [1.165, 1.54) is 30.9 Å². The summed E-state index contributed by atoms with van der Waals surface area (Å²) in [5, 5.41) is 12.3. The maximum Gasteiger partial charge on any atom is 0.416 e. The molecule has 0 radical (unpaired) electrons. The zero-order chi connectivity index (χ0) is 18.1. The molecule has 5 nitrogen and oxygen atoms in total. The smallest absolute Gasteiger partial charge is 0.391 e. The van der Waals surface area contributed by atoms with Crippen LogP contribution in [0.25, 0.3) is 0 Å². The number of aliphatic hydroxyl groups excluding tert-OH is 1. The van der Waals surface area contributed by atoms with Gasteiger partial charge in [-0.05, 0) is 31.0 Å². The Kier molecular flexibility index (Phi) is 5.17. The monoisotopic (exact) mass is 344 g/mol. The molecule has 1 saturated heterocycles. The lowest BCUT2D eigenvalue weighted by Crippen LogP contribution is -2.46. The third-order valence-electron chi connectivity index (χ3n) is 3.98. The molecule has 0 aromatic heterocycles. The third-order valence-corrected chi connectivity index (χ3v) is 3.98. The van der Waals surface area contributed by atoms with E-state index in [4.69, 9.17) is 0 Å². The van der Waals surface area contributed by atoms with Crippen LogP contribution in [-0.4, -0.2) is 40.5 Å². The van der Waals surface area contributed by atoms with Crippen molar-refractivity contribution < 1.29 is 27.9 Å². The number of nitrogens with one attached hydrogen (secondary N) is 1. The Morgan fingerprint density at radius 1 is 1.29 bits per heavy atom. The maximum absolute atomic E-state index is 12.6. The summed E-state index contributed by atoms with van der Waals surface area (Å²) in [6, 6.07) is 3.25. The number of hydrogen-bond donors (Lipinski definition) is 2. The summed E-state index contributed by atoms with van der Waals surface area (Å²) in [5.74, 6) is -0.742. The average molecular weight is 344 g/mol. The Morgan fingerprint density at radius 2 is 1.88 bits per heavy atom. The normalized spacial score (nSPS) is 22.3. The van der Waals surface area contributed by atoms with E-state index in [1.807, 2.05) is 0 Å². The molecule has 3 atom stereocenters. The number of likely N-dealkylation sites (tertiary alicyclic amines) is 1. The lowest BCUT2D eigenvalue weighted by Gasteiger charge is -2.28. The van der Waals surface area contributed by atoms with Gasteiger partial charge < -0.3 is 15.3 Å². The number of carbonyl (C=O) groups excluding carboxylic acids is 2. The molecule has 2 rings (SSSR count). The summed E-state index contributed by atoms with van der Waals surface area (Å²) in [5.41, 5.74) is -0.253. The molecular weight excluding hydrogens is 325 g/mol. The Labute approximate surface area is 137 Å². The molecule has 0 bridgehead atoms. The van der Waals surface area contributed by atoms with Crippen LogP contribution in [0.3, 0.4) is 0 Å². The van der Waals surface area contributed by atoms with Gasteiger partial charge in [0.05, 0.1) is 17.7 Å². The van der Waals surface area contributed by atoms with E-state index >= 15 is 0 Å². The van der Waals surface area contributed by atoms with Crippen molar-refractivity contribution in [1.29, 1.82) is 0 Å². The van der Waals surface area contributed by atoms with Gasteiger partial charge in [0.2, 0.25) is 11.8 Å². The first-order chi connectivity index (χ1) is 11.1. The van der Waals surface area contributed by atoms with E-state index in [1.54, 1.807) is 0 Å². The molecule has 8 heteroatoms. The standard InChI is InChI=1S/C16H19F3N2O3/c1-9(20-10(2)22)15(24)21-8-13(23)7-14(21)11-3-5-12(6-4-11)16(17,18)19/h3-6,9,13-14,23H,7-8H2,1-2H3,(H,20,22). The molecule has 1 aromatic rings. The number of benzene rings is 1. The van der Waals surface area contributed by atoms with Crippen molar-refractivity contribution in [2.75, 3.05) is 6.54 Å². The average Bonchev–Trinajstić information content (AvgIpc) is 2.87. The number of β-amino-alcohol motifs (C(OH)–C–C–N with tert-alkyl or cyclic N) is 1. The van der Waals surface area contributed by atoms with E-state index in [9.17, 15) is 27.9 Å². The number of nitrogens with zero attached hydrogens (tertiary/aromatic N) is 1. The van der Waals surface area contributed by atoms with E-state index in [2.05, 4.69) is 5.32 Å². The van der Waals surface area contributed by atoms with Crippen molar-refractivity contribution in [3.8, 4) is 0 Å². The highest BCUT2D eigenvalue weighted by Crippen LogP contribution is 2.35. The van der Waals surface area contributed by atoms with Crippen molar-refractivity contribution >= 4 is 11.8 Å². The van der Waals surface area contributed by atoms with Gasteiger partial charge in [0.1, 0.15) is 6.04 Å². The van der Waals surface area contributed by atoms with Crippen molar-refractivity contribution in [1.82, 2.24) is 10.2 Å². The Hall–Kier alpha value is -2.09. The highest BCUT2D eigenvalue weighted by atomic mass is 19.4. The number of alkyl halides is 3. The lowest BCUT2D eigenvalue weighted by atomic mass is 10.0. The van der Waals surface area contributed by atoms with E-state index in [0.717, 1.165) is 12.1 Å². The Morgan fingerprint density at radius 3 is 2.38 bits per heavy atom. The van der Waals surface area contributed by atoms with Gasteiger partial charge in [-0.2, -0.15) is 13.2 Å². The van der Waals surface area contributed by atoms with Gasteiger partial charge in [-0.3, -0.25) is 9.59 Å². The van der Waals surface area contributed by atoms with Gasteiger partial charge in [0.25, 0.3) is 0 Å². The van der Waals surface area contributed by atoms with Crippen LogP contribution in [0, 0.1) is 0 Å². The van der Waals surface area contributed by atoms with Crippen LogP contribution in [0.1, 0.15) is 37.4 Å². The van der Waals surface area contributed by atoms with E-state index in [0.29, 0.717) is 5.56 Å². The molecule has 132 valence electrons. The highest BCUT2D eigenvalue weighted by Gasteiger charge is 2.38. The van der Waals surface area contributed by atoms with Gasteiger partial charge >= 0.3 is 6.18 Å². The number of amides is 2. The summed E-state index contributed by atoms with van der Waals surface area (Å²) in [7, 11) is 0. The van der Waals surface area contributed by atoms with Crippen LogP contribution in [-0.2, 0) is 15.8 Å². The number of carbonyl (C=O) groups is 2. The van der Waals surface area contributed by atoms with Gasteiger partial charge in [-0.15, -0.1) is 0 Å². The van der Waals surface area contributed by atoms with Crippen LogP contribution in [0.2, 0.25) is 0 Å². The number of rotatable bonds is 3. The quantitative estimate of drug-likeness (QED) is 0.879. The molecule has 1 aromatic carbocycles. The molecule has 2 N–H and O–H groups in total. The van der Waals surface area contributed by atoms with Gasteiger partial charge in [-0.25, -0.2) is 0 Å². The van der Waals surface area contributed by atoms with Gasteiger partial charge in [-0.1, -0.05) is 12.1 Å². The molecule has 3 unspecified atom stereocenters. The zero-order valence-electron chi connectivity index (χ0n) is 13.3. The van der Waals surface area contributed by atoms with E-state index < -0.39 is 29.9 Å². The summed E-state index contributed by atoms with van der Waals surface area (Å²) >= 11 is 0. The fraction of sp³-hybridized carbons (Fsp3) is 0.500. The van der Waals surface area contributed by atoms with Crippen molar-refractivity contribution in [3.05, 3.63) is 35.4 Å². The first-order valence-corrected chi connectivity index (χ1v) is 7.52. The molecule has 1 aliphatic heterocycles. The van der Waals surface area contributed by atoms with Crippen LogP contribution in [0.15, 0.2) is 24.3 Å². The predicted octanol–water partition coefficient (Wildman–Crippen LogP) is 1.86. The predicted molar refractivity (Wildman–Crippen MR) is 79.8 cm³/mol. The molecule has 0 aliphatic carbocycles. The minimum atomic E-state index is -4.43. The second kappa shape index (κ2) is 6.80. The van der Waals surface area contributed by atoms with Gasteiger partial charge in [0, 0.05) is 13.5 Å². The molecule has 0 saturated carbocycles. The highest BCUT2D eigenvalue weighted by molar-refractivity contribution is 5.87. The zero-order valence-corrected chi connectivity index (χ0v) is 13.3. The van der Waals surface area contributed by atoms with Crippen molar-refractivity contribution in [3.63, 3.8) is 0 Å². The molecule has 0 spiro atoms. The van der Waals surface area contributed by atoms with Crippen LogP contribution >= 0.6 is 0 Å². The van der Waals surface area contributed by atoms with E-state index in [-0.39, 0.29) is 24.8 Å². The Balaban J connectivity index is 2.21. The first-order valence-electron chi connectivity index (χ1n) is 7.52. The molecule has 2 amide bonds. The topological polar surface area (TPSA) is 69.6 Å². The minimum Gasteiger partial charge on any atom is -0.391 e. The molecule has 24 heavy (non-hydrogen) atoms. The minimum absolute atomic E-state index is 0.0778. The first kappa shape index (κ1) is 18.3. The van der Waals surface area contributed by atoms with Crippen LogP contribution < -0.4 is 5.32 Å². The Bertz CT molecular complexity index is 616. The second-order valence-electron chi connectivity index (χ2n) is 5.94. The van der Waals surface area contributed by atoms with Crippen LogP contribution in [0.4, 0.5) is 13.2 Å². The summed E-state index contributed by atoms with van der Waals surface area (Å²) in [4.78, 5) is 24.9. The SMILES string of the molecule is CC(=O)NC(C)C(=O)N1CC(O)CC1c1ccc(C(F)(F)F)cc1. The fourth-order valence-corrected chi connectivity index (χ4v) is 2.88. The number of halogens is 3. The van der Waals surface area contributed by atoms with Crippen molar-refractivity contribution in [2.45, 2.75) is 44.6 Å². The molecular formula is C16H19F3N2O3. The van der Waals surface area contributed by atoms with Crippen LogP contribution in [0.5, 0.6) is 0 Å². The fourth-order valence-electron chi connectivity index (χ4n) is 2.88. The maximum atomic E-state index is 12.6. The van der Waals surface area contributed by atoms with Crippen molar-refractivity contribution in [2.24, 2.45) is 0 Å². The summed E-state index contributed by atoms with van der Waals surface area (Å²) in [6.07, 6.45) is -4.95. The number of aliphatic hydroxyl groups is 1. The number of hydrogen-bond acceptors (Lipinski definition) is 3. The summed E-state index contributed by atoms with van der Waals surface area (Å²) < 4.78 is 37.9. The second-order valence-corrected chi connectivity index (χ2v) is 5.94. The largest absolute Gasteiger partial charge is 0.416 e. The van der Waals surface area contributed by atoms with Gasteiger partial charge in [0.15, 0.2) is 0 Å². The lowest BCUT2D eigenvalue weighted by molar-refractivity contribution is -0.138. The molecule has 1 fully saturated rings. The third kappa shape index (κ3) is 4.05. The summed E-state index contributed by atoms with van der Waals surface area (Å²) in [6.45, 7) is 2.89. The molecule has 1 aliphatic rings. The molecule has 1 heterocycles.